The fraction of sp³-hybridized carbons (Fsp3) is 0.381. The van der Waals surface area contributed by atoms with Gasteiger partial charge in [-0.25, -0.2) is 8.42 Å². The summed E-state index contributed by atoms with van der Waals surface area (Å²) in [5, 5.41) is 2.80. The van der Waals surface area contributed by atoms with E-state index in [0.29, 0.717) is 48.7 Å². The zero-order chi connectivity index (χ0) is 21.2. The second-order valence-electron chi connectivity index (χ2n) is 7.33. The predicted molar refractivity (Wildman–Crippen MR) is 113 cm³/mol. The number of methoxy groups -OCH3 is 1. The first-order valence-corrected chi connectivity index (χ1v) is 10.9. The summed E-state index contributed by atoms with van der Waals surface area (Å²) >= 11 is 0. The Morgan fingerprint density at radius 2 is 1.69 bits per heavy atom. The molecule has 0 aliphatic carbocycles. The summed E-state index contributed by atoms with van der Waals surface area (Å²) in [6, 6.07) is 10.1. The number of carbonyl (C=O) groups is 1. The molecular weight excluding hydrogens is 390 g/mol. The zero-order valence-corrected chi connectivity index (χ0v) is 18.0. The minimum atomic E-state index is -3.62. The number of hydrogen-bond donors (Lipinski definition) is 1. The van der Waals surface area contributed by atoms with E-state index in [2.05, 4.69) is 10.2 Å². The summed E-state index contributed by atoms with van der Waals surface area (Å²) in [6.07, 6.45) is 0. The van der Waals surface area contributed by atoms with E-state index < -0.39 is 10.0 Å². The normalized spacial score (nSPS) is 15.9. The third kappa shape index (κ3) is 4.60. The zero-order valence-electron chi connectivity index (χ0n) is 17.2. The van der Waals surface area contributed by atoms with Gasteiger partial charge >= 0.3 is 0 Å². The highest BCUT2D eigenvalue weighted by atomic mass is 32.2. The van der Waals surface area contributed by atoms with E-state index in [1.807, 2.05) is 14.0 Å². The van der Waals surface area contributed by atoms with Crippen LogP contribution in [0, 0.1) is 13.8 Å². The minimum Gasteiger partial charge on any atom is -0.496 e. The van der Waals surface area contributed by atoms with E-state index in [0.717, 1.165) is 5.56 Å². The molecule has 8 heteroatoms. The molecule has 7 nitrogen and oxygen atoms in total. The number of likely N-dealkylation sites (N-methyl/N-ethyl adjacent to an activating group) is 1. The van der Waals surface area contributed by atoms with Crippen molar-refractivity contribution in [2.24, 2.45) is 0 Å². The number of amides is 1. The molecule has 29 heavy (non-hydrogen) atoms. The highest BCUT2D eigenvalue weighted by molar-refractivity contribution is 7.89. The van der Waals surface area contributed by atoms with Gasteiger partial charge in [-0.15, -0.1) is 0 Å². The average molecular weight is 418 g/mol. The Balaban J connectivity index is 1.83. The number of ether oxygens (including phenoxy) is 1. The number of hydrogen-bond acceptors (Lipinski definition) is 5. The van der Waals surface area contributed by atoms with Crippen molar-refractivity contribution in [1.29, 1.82) is 0 Å². The molecule has 156 valence electrons. The van der Waals surface area contributed by atoms with Crippen LogP contribution in [-0.4, -0.2) is 63.9 Å². The van der Waals surface area contributed by atoms with Crippen molar-refractivity contribution in [3.63, 3.8) is 0 Å². The number of nitrogens with zero attached hydrogens (tertiary/aromatic N) is 2. The Kier molecular flexibility index (Phi) is 6.26. The fourth-order valence-electron chi connectivity index (χ4n) is 3.35. The van der Waals surface area contributed by atoms with Gasteiger partial charge in [-0.1, -0.05) is 6.07 Å². The quantitative estimate of drug-likeness (QED) is 0.809. The number of rotatable bonds is 5. The summed E-state index contributed by atoms with van der Waals surface area (Å²) < 4.78 is 33.0. The largest absolute Gasteiger partial charge is 0.496 e. The SMILES string of the molecule is COc1ccc(C(=O)Nc2ccc(C)c(S(=O)(=O)N3CCN(C)CC3)c2)cc1C. The molecule has 1 aliphatic heterocycles. The predicted octanol–water partition coefficient (Wildman–Crippen LogP) is 2.50. The number of benzene rings is 2. The molecule has 0 saturated carbocycles. The monoisotopic (exact) mass is 417 g/mol. The van der Waals surface area contributed by atoms with Crippen LogP contribution in [0.4, 0.5) is 5.69 Å². The summed E-state index contributed by atoms with van der Waals surface area (Å²) in [5.41, 5.74) is 2.43. The van der Waals surface area contributed by atoms with Gasteiger partial charge in [-0.2, -0.15) is 4.31 Å². The van der Waals surface area contributed by atoms with E-state index in [9.17, 15) is 13.2 Å². The minimum absolute atomic E-state index is 0.228. The molecular formula is C21H27N3O4S. The smallest absolute Gasteiger partial charge is 0.255 e. The summed E-state index contributed by atoms with van der Waals surface area (Å²) in [6.45, 7) is 5.95. The Hall–Kier alpha value is -2.42. The molecule has 1 N–H and O–H groups in total. The summed E-state index contributed by atoms with van der Waals surface area (Å²) in [5.74, 6) is 0.403. The lowest BCUT2D eigenvalue weighted by molar-refractivity contribution is 0.102. The van der Waals surface area contributed by atoms with Crippen molar-refractivity contribution in [2.75, 3.05) is 45.7 Å². The molecule has 0 aromatic heterocycles. The van der Waals surface area contributed by atoms with Crippen molar-refractivity contribution in [3.8, 4) is 5.75 Å². The first-order chi connectivity index (χ1) is 13.7. The second-order valence-corrected chi connectivity index (χ2v) is 9.23. The van der Waals surface area contributed by atoms with E-state index in [4.69, 9.17) is 4.74 Å². The number of anilines is 1. The maximum absolute atomic E-state index is 13.1. The van der Waals surface area contributed by atoms with Gasteiger partial charge in [0.2, 0.25) is 10.0 Å². The maximum atomic E-state index is 13.1. The number of sulfonamides is 1. The van der Waals surface area contributed by atoms with Gasteiger partial charge in [-0.05, 0) is 62.4 Å². The highest BCUT2D eigenvalue weighted by Crippen LogP contribution is 2.25. The molecule has 1 heterocycles. The number of nitrogens with one attached hydrogen (secondary N) is 1. The third-order valence-corrected chi connectivity index (χ3v) is 7.22. The Labute approximate surface area is 172 Å². The number of carbonyl (C=O) groups excluding carboxylic acids is 1. The molecule has 0 radical (unpaired) electrons. The molecule has 1 aliphatic rings. The molecule has 0 atom stereocenters. The van der Waals surface area contributed by atoms with Crippen LogP contribution in [0.2, 0.25) is 0 Å². The third-order valence-electron chi connectivity index (χ3n) is 5.18. The average Bonchev–Trinajstić information content (AvgIpc) is 2.69. The van der Waals surface area contributed by atoms with Crippen LogP contribution in [0.5, 0.6) is 5.75 Å². The fourth-order valence-corrected chi connectivity index (χ4v) is 5.02. The summed E-state index contributed by atoms with van der Waals surface area (Å²) in [7, 11) is -0.0575. The van der Waals surface area contributed by atoms with Crippen LogP contribution in [0.25, 0.3) is 0 Å². The van der Waals surface area contributed by atoms with Crippen LogP contribution in [0.1, 0.15) is 21.5 Å². The lowest BCUT2D eigenvalue weighted by Crippen LogP contribution is -2.47. The molecule has 1 amide bonds. The summed E-state index contributed by atoms with van der Waals surface area (Å²) in [4.78, 5) is 15.0. The van der Waals surface area contributed by atoms with Gasteiger partial charge in [-0.3, -0.25) is 4.79 Å². The first kappa shape index (κ1) is 21.3. The van der Waals surface area contributed by atoms with Gasteiger partial charge in [0.05, 0.1) is 12.0 Å². The second kappa shape index (κ2) is 8.52. The van der Waals surface area contributed by atoms with Crippen molar-refractivity contribution in [2.45, 2.75) is 18.7 Å². The van der Waals surface area contributed by atoms with Crippen LogP contribution in [0.3, 0.4) is 0 Å². The topological polar surface area (TPSA) is 78.9 Å². The highest BCUT2D eigenvalue weighted by Gasteiger charge is 2.29. The van der Waals surface area contributed by atoms with Crippen LogP contribution in [-0.2, 0) is 10.0 Å². The van der Waals surface area contributed by atoms with Gasteiger partial charge in [0.25, 0.3) is 5.91 Å². The van der Waals surface area contributed by atoms with Crippen LogP contribution < -0.4 is 10.1 Å². The molecule has 3 rings (SSSR count). The Bertz CT molecular complexity index is 1010. The van der Waals surface area contributed by atoms with Gasteiger partial charge in [0, 0.05) is 37.4 Å². The Morgan fingerprint density at radius 3 is 2.31 bits per heavy atom. The van der Waals surface area contributed by atoms with Crippen molar-refractivity contribution < 1.29 is 17.9 Å². The molecule has 0 unspecified atom stereocenters. The Morgan fingerprint density at radius 1 is 1.00 bits per heavy atom. The van der Waals surface area contributed by atoms with E-state index >= 15 is 0 Å². The lowest BCUT2D eigenvalue weighted by atomic mass is 10.1. The van der Waals surface area contributed by atoms with E-state index in [1.165, 1.54) is 10.4 Å². The molecule has 0 spiro atoms. The van der Waals surface area contributed by atoms with Crippen LogP contribution >= 0.6 is 0 Å². The van der Waals surface area contributed by atoms with Crippen molar-refractivity contribution in [3.05, 3.63) is 53.1 Å². The van der Waals surface area contributed by atoms with Gasteiger partial charge in [0.1, 0.15) is 5.75 Å². The lowest BCUT2D eigenvalue weighted by Gasteiger charge is -2.32. The van der Waals surface area contributed by atoms with Gasteiger partial charge in [0.15, 0.2) is 0 Å². The van der Waals surface area contributed by atoms with Crippen molar-refractivity contribution in [1.82, 2.24) is 9.21 Å². The maximum Gasteiger partial charge on any atom is 0.255 e. The van der Waals surface area contributed by atoms with Gasteiger partial charge < -0.3 is 15.0 Å². The van der Waals surface area contributed by atoms with E-state index in [-0.39, 0.29) is 10.8 Å². The van der Waals surface area contributed by atoms with Crippen LogP contribution in [0.15, 0.2) is 41.3 Å². The number of piperazine rings is 1. The standard InChI is InChI=1S/C21H27N3O4S/c1-15-5-7-18(22-21(25)17-6-8-19(28-4)16(2)13-17)14-20(15)29(26,27)24-11-9-23(3)10-12-24/h5-8,13-14H,9-12H2,1-4H3,(H,22,25). The first-order valence-electron chi connectivity index (χ1n) is 9.47. The molecule has 2 aromatic carbocycles. The molecule has 1 fully saturated rings. The molecule has 1 saturated heterocycles. The number of aryl methyl sites for hydroxylation is 2. The van der Waals surface area contributed by atoms with E-state index in [1.54, 1.807) is 44.4 Å². The van der Waals surface area contributed by atoms with Crippen molar-refractivity contribution >= 4 is 21.6 Å². The molecule has 0 bridgehead atoms. The molecule has 2 aromatic rings.